The Morgan fingerprint density at radius 2 is 2.11 bits per heavy atom. The highest BCUT2D eigenvalue weighted by atomic mass is 35.5. The summed E-state index contributed by atoms with van der Waals surface area (Å²) in [7, 11) is 1.89. The molecule has 1 aromatic carbocycles. The van der Waals surface area contributed by atoms with E-state index >= 15 is 0 Å². The Labute approximate surface area is 111 Å². The Bertz CT molecular complexity index is 578. The van der Waals surface area contributed by atoms with Gasteiger partial charge in [-0.2, -0.15) is 5.10 Å². The first kappa shape index (κ1) is 12.9. The van der Waals surface area contributed by atoms with E-state index in [1.807, 2.05) is 33.0 Å². The molecular formula is C13H16ClN3O. The minimum atomic E-state index is 0.421. The number of benzene rings is 1. The van der Waals surface area contributed by atoms with E-state index in [-0.39, 0.29) is 0 Å². The molecule has 0 aliphatic heterocycles. The molecule has 2 rings (SSSR count). The molecule has 0 aliphatic rings. The molecule has 0 spiro atoms. The van der Waals surface area contributed by atoms with Crippen molar-refractivity contribution in [2.45, 2.75) is 20.4 Å². The van der Waals surface area contributed by atoms with Crippen LogP contribution in [0.4, 0.5) is 0 Å². The number of ether oxygens (including phenoxy) is 1. The molecule has 0 bridgehead atoms. The van der Waals surface area contributed by atoms with Gasteiger partial charge in [0.1, 0.15) is 11.4 Å². The van der Waals surface area contributed by atoms with Crippen molar-refractivity contribution in [1.82, 2.24) is 9.78 Å². The zero-order chi connectivity index (χ0) is 13.3. The lowest BCUT2D eigenvalue weighted by atomic mass is 10.2. The van der Waals surface area contributed by atoms with Crippen LogP contribution in [-0.2, 0) is 13.6 Å². The van der Waals surface area contributed by atoms with Crippen LogP contribution in [0.2, 0.25) is 5.02 Å². The molecule has 96 valence electrons. The first-order chi connectivity index (χ1) is 8.52. The van der Waals surface area contributed by atoms with E-state index in [1.54, 1.807) is 10.7 Å². The molecular weight excluding hydrogens is 250 g/mol. The highest BCUT2D eigenvalue weighted by Crippen LogP contribution is 2.30. The van der Waals surface area contributed by atoms with Crippen LogP contribution in [-0.4, -0.2) is 9.78 Å². The van der Waals surface area contributed by atoms with Gasteiger partial charge in [-0.05, 0) is 31.5 Å². The molecule has 0 unspecified atom stereocenters. The van der Waals surface area contributed by atoms with Crippen molar-refractivity contribution >= 4 is 11.6 Å². The number of nitrogens with zero attached hydrogens (tertiary/aromatic N) is 2. The molecule has 0 atom stereocenters. The summed E-state index contributed by atoms with van der Waals surface area (Å²) in [5, 5.41) is 4.92. The number of hydrogen-bond acceptors (Lipinski definition) is 3. The van der Waals surface area contributed by atoms with E-state index in [1.165, 1.54) is 0 Å². The third-order valence-corrected chi connectivity index (χ3v) is 3.26. The summed E-state index contributed by atoms with van der Waals surface area (Å²) in [5.74, 6) is 1.46. The maximum Gasteiger partial charge on any atom is 0.171 e. The van der Waals surface area contributed by atoms with Gasteiger partial charge < -0.3 is 10.5 Å². The van der Waals surface area contributed by atoms with Crippen LogP contribution in [0.15, 0.2) is 18.2 Å². The average Bonchev–Trinajstić information content (AvgIpc) is 2.56. The molecule has 1 aromatic heterocycles. The van der Waals surface area contributed by atoms with Crippen LogP contribution in [0, 0.1) is 13.8 Å². The highest BCUT2D eigenvalue weighted by Gasteiger charge is 2.12. The number of halogens is 1. The van der Waals surface area contributed by atoms with Crippen LogP contribution in [0.1, 0.15) is 17.0 Å². The molecule has 0 aliphatic carbocycles. The number of aromatic nitrogens is 2. The van der Waals surface area contributed by atoms with Gasteiger partial charge in [-0.15, -0.1) is 0 Å². The van der Waals surface area contributed by atoms with Gasteiger partial charge in [-0.1, -0.05) is 17.7 Å². The number of hydrogen-bond donors (Lipinski definition) is 1. The van der Waals surface area contributed by atoms with Gasteiger partial charge in [-0.3, -0.25) is 4.68 Å². The van der Waals surface area contributed by atoms with Gasteiger partial charge in [0.25, 0.3) is 0 Å². The lowest BCUT2D eigenvalue weighted by Crippen LogP contribution is -1.97. The van der Waals surface area contributed by atoms with E-state index in [4.69, 9.17) is 22.1 Å². The predicted octanol–water partition coefficient (Wildman–Crippen LogP) is 2.94. The van der Waals surface area contributed by atoms with E-state index in [9.17, 15) is 0 Å². The zero-order valence-electron chi connectivity index (χ0n) is 10.7. The summed E-state index contributed by atoms with van der Waals surface area (Å²) in [6.45, 7) is 4.30. The topological polar surface area (TPSA) is 53.1 Å². The van der Waals surface area contributed by atoms with Crippen molar-refractivity contribution in [1.29, 1.82) is 0 Å². The molecule has 5 heteroatoms. The minimum Gasteiger partial charge on any atom is -0.453 e. The minimum absolute atomic E-state index is 0.421. The molecule has 4 nitrogen and oxygen atoms in total. The fraction of sp³-hybridized carbons (Fsp3) is 0.308. The number of aryl methyl sites for hydroxylation is 2. The van der Waals surface area contributed by atoms with Crippen LogP contribution >= 0.6 is 11.6 Å². The van der Waals surface area contributed by atoms with Crippen molar-refractivity contribution in [2.75, 3.05) is 0 Å². The summed E-state index contributed by atoms with van der Waals surface area (Å²) < 4.78 is 7.62. The van der Waals surface area contributed by atoms with E-state index < -0.39 is 0 Å². The summed E-state index contributed by atoms with van der Waals surface area (Å²) in [5.41, 5.74) is 8.31. The molecule has 2 aromatic rings. The first-order valence-electron chi connectivity index (χ1n) is 5.69. The van der Waals surface area contributed by atoms with Crippen molar-refractivity contribution < 1.29 is 4.74 Å². The molecule has 18 heavy (non-hydrogen) atoms. The maximum absolute atomic E-state index is 6.10. The second-order valence-electron chi connectivity index (χ2n) is 4.18. The monoisotopic (exact) mass is 265 g/mol. The summed E-state index contributed by atoms with van der Waals surface area (Å²) in [6, 6.07) is 5.51. The fourth-order valence-electron chi connectivity index (χ4n) is 1.78. The van der Waals surface area contributed by atoms with Gasteiger partial charge in [0.05, 0.1) is 5.69 Å². The van der Waals surface area contributed by atoms with E-state index in [2.05, 4.69) is 5.10 Å². The molecule has 1 heterocycles. The average molecular weight is 266 g/mol. The standard InChI is InChI=1S/C13H16ClN3O/c1-8-13(9(2)17(3)16-8)18-11-5-4-10(7-15)12(14)6-11/h4-6H,7,15H2,1-3H3. The lowest BCUT2D eigenvalue weighted by Gasteiger charge is -2.08. The summed E-state index contributed by atoms with van der Waals surface area (Å²) in [4.78, 5) is 0. The summed E-state index contributed by atoms with van der Waals surface area (Å²) in [6.07, 6.45) is 0. The fourth-order valence-corrected chi connectivity index (χ4v) is 2.02. The molecule has 0 saturated carbocycles. The largest absolute Gasteiger partial charge is 0.453 e. The van der Waals surface area contributed by atoms with Crippen molar-refractivity contribution in [3.05, 3.63) is 40.2 Å². The van der Waals surface area contributed by atoms with Crippen molar-refractivity contribution in [2.24, 2.45) is 12.8 Å². The molecule has 0 fully saturated rings. The predicted molar refractivity (Wildman–Crippen MR) is 72.1 cm³/mol. The second-order valence-corrected chi connectivity index (χ2v) is 4.59. The van der Waals surface area contributed by atoms with Gasteiger partial charge in [0, 0.05) is 18.6 Å². The number of rotatable bonds is 3. The SMILES string of the molecule is Cc1nn(C)c(C)c1Oc1ccc(CN)c(Cl)c1. The first-order valence-corrected chi connectivity index (χ1v) is 6.07. The number of nitrogens with two attached hydrogens (primary N) is 1. The van der Waals surface area contributed by atoms with Crippen LogP contribution in [0.3, 0.4) is 0 Å². The van der Waals surface area contributed by atoms with Gasteiger partial charge in [0.2, 0.25) is 0 Å². The quantitative estimate of drug-likeness (QED) is 0.928. The van der Waals surface area contributed by atoms with Gasteiger partial charge >= 0.3 is 0 Å². The Morgan fingerprint density at radius 1 is 1.39 bits per heavy atom. The molecule has 0 saturated heterocycles. The Hall–Kier alpha value is -1.52. The zero-order valence-corrected chi connectivity index (χ0v) is 11.5. The third kappa shape index (κ3) is 2.35. The van der Waals surface area contributed by atoms with Crippen LogP contribution in [0.5, 0.6) is 11.5 Å². The maximum atomic E-state index is 6.10. The van der Waals surface area contributed by atoms with Crippen LogP contribution in [0.25, 0.3) is 0 Å². The lowest BCUT2D eigenvalue weighted by molar-refractivity contribution is 0.474. The van der Waals surface area contributed by atoms with E-state index in [0.717, 1.165) is 22.7 Å². The van der Waals surface area contributed by atoms with Gasteiger partial charge in [0.15, 0.2) is 5.75 Å². The van der Waals surface area contributed by atoms with E-state index in [0.29, 0.717) is 17.3 Å². The summed E-state index contributed by atoms with van der Waals surface area (Å²) >= 11 is 6.10. The molecule has 0 radical (unpaired) electrons. The van der Waals surface area contributed by atoms with Crippen LogP contribution < -0.4 is 10.5 Å². The highest BCUT2D eigenvalue weighted by molar-refractivity contribution is 6.31. The van der Waals surface area contributed by atoms with Gasteiger partial charge in [-0.25, -0.2) is 0 Å². The Balaban J connectivity index is 2.31. The van der Waals surface area contributed by atoms with Crippen molar-refractivity contribution in [3.63, 3.8) is 0 Å². The third-order valence-electron chi connectivity index (χ3n) is 2.91. The Kier molecular flexibility index (Phi) is 3.59. The Morgan fingerprint density at radius 3 is 2.61 bits per heavy atom. The molecule has 0 amide bonds. The smallest absolute Gasteiger partial charge is 0.171 e. The molecule has 2 N–H and O–H groups in total. The van der Waals surface area contributed by atoms with Crippen molar-refractivity contribution in [3.8, 4) is 11.5 Å². The normalized spacial score (nSPS) is 10.7. The second kappa shape index (κ2) is 5.00.